The van der Waals surface area contributed by atoms with E-state index in [9.17, 15) is 9.59 Å². The number of carbonyl (C=O) groups is 1. The van der Waals surface area contributed by atoms with Gasteiger partial charge in [0, 0.05) is 24.9 Å². The van der Waals surface area contributed by atoms with Crippen molar-refractivity contribution in [3.05, 3.63) is 34.6 Å². The molecule has 2 fully saturated rings. The van der Waals surface area contributed by atoms with Gasteiger partial charge in [-0.05, 0) is 24.8 Å². The average Bonchev–Trinajstić information content (AvgIpc) is 2.71. The van der Waals surface area contributed by atoms with Crippen LogP contribution in [0.15, 0.2) is 29.1 Å². The van der Waals surface area contributed by atoms with Crippen LogP contribution in [0.25, 0.3) is 10.8 Å². The molecule has 1 amide bonds. The summed E-state index contributed by atoms with van der Waals surface area (Å²) in [5, 5.41) is 5.87. The number of aromatic nitrogens is 2. The number of amides is 1. The van der Waals surface area contributed by atoms with Crippen LogP contribution < -0.4 is 15.9 Å². The molecule has 0 radical (unpaired) electrons. The summed E-state index contributed by atoms with van der Waals surface area (Å²) in [6.45, 7) is 2.68. The molecule has 1 aliphatic heterocycles. The molecule has 1 aromatic carbocycles. The molecule has 4 rings (SSSR count). The maximum Gasteiger partial charge on any atom is 0.294 e. The van der Waals surface area contributed by atoms with Crippen LogP contribution in [0.5, 0.6) is 0 Å². The second-order valence-corrected chi connectivity index (χ2v) is 7.43. The van der Waals surface area contributed by atoms with Crippen LogP contribution in [0.2, 0.25) is 0 Å². The fourth-order valence-corrected chi connectivity index (χ4v) is 4.07. The molecule has 7 heteroatoms. The van der Waals surface area contributed by atoms with Gasteiger partial charge in [-0.2, -0.15) is 0 Å². The van der Waals surface area contributed by atoms with Crippen molar-refractivity contribution in [2.75, 3.05) is 36.6 Å². The topological polar surface area (TPSA) is 76.5 Å². The van der Waals surface area contributed by atoms with Gasteiger partial charge in [0.1, 0.15) is 0 Å². The molecule has 1 saturated carbocycles. The Morgan fingerprint density at radius 1 is 1.11 bits per heavy atom. The summed E-state index contributed by atoms with van der Waals surface area (Å²) in [6, 6.07) is 7.43. The molecule has 1 aromatic heterocycles. The predicted molar refractivity (Wildman–Crippen MR) is 105 cm³/mol. The predicted octanol–water partition coefficient (Wildman–Crippen LogP) is 2.27. The fourth-order valence-electron chi connectivity index (χ4n) is 4.07. The van der Waals surface area contributed by atoms with E-state index in [1.54, 1.807) is 6.07 Å². The third-order valence-corrected chi connectivity index (χ3v) is 5.53. The first-order valence-corrected chi connectivity index (χ1v) is 9.87. The van der Waals surface area contributed by atoms with Gasteiger partial charge in [-0.3, -0.25) is 9.59 Å². The van der Waals surface area contributed by atoms with E-state index in [0.29, 0.717) is 49.8 Å². The summed E-state index contributed by atoms with van der Waals surface area (Å²) in [5.41, 5.74) is 2.43. The van der Waals surface area contributed by atoms with Gasteiger partial charge in [0.05, 0.1) is 18.6 Å². The number of carbonyl (C=O) groups excluding carboxylic acids is 1. The molecule has 1 aliphatic carbocycles. The molecule has 0 atom stereocenters. The molecule has 27 heavy (non-hydrogen) atoms. The van der Waals surface area contributed by atoms with Crippen LogP contribution in [-0.4, -0.2) is 42.1 Å². The molecule has 2 aliphatic rings. The number of anilines is 1. The summed E-state index contributed by atoms with van der Waals surface area (Å²) in [5.74, 6) is 0.986. The smallest absolute Gasteiger partial charge is 0.294 e. The van der Waals surface area contributed by atoms with Crippen molar-refractivity contribution in [3.63, 3.8) is 0 Å². The SMILES string of the molecule is O=C(CC1CCCCC1)Nn1nc(N2CCOCC2)c2ccccc2c1=O. The summed E-state index contributed by atoms with van der Waals surface area (Å²) in [4.78, 5) is 28.6. The highest BCUT2D eigenvalue weighted by molar-refractivity contribution is 5.92. The minimum absolute atomic E-state index is 0.139. The Balaban J connectivity index is 1.62. The zero-order valence-corrected chi connectivity index (χ0v) is 15.5. The Bertz CT molecular complexity index is 867. The third kappa shape index (κ3) is 3.98. The quantitative estimate of drug-likeness (QED) is 0.893. The zero-order chi connectivity index (χ0) is 18.6. The zero-order valence-electron chi connectivity index (χ0n) is 15.5. The van der Waals surface area contributed by atoms with Crippen molar-refractivity contribution in [3.8, 4) is 0 Å². The highest BCUT2D eigenvalue weighted by Crippen LogP contribution is 2.26. The molecule has 0 spiro atoms. The van der Waals surface area contributed by atoms with E-state index < -0.39 is 0 Å². The number of ether oxygens (including phenoxy) is 1. The van der Waals surface area contributed by atoms with Gasteiger partial charge in [0.15, 0.2) is 5.82 Å². The first kappa shape index (κ1) is 18.0. The third-order valence-electron chi connectivity index (χ3n) is 5.53. The summed E-state index contributed by atoms with van der Waals surface area (Å²) in [6.07, 6.45) is 6.26. The van der Waals surface area contributed by atoms with Crippen LogP contribution in [0.3, 0.4) is 0 Å². The van der Waals surface area contributed by atoms with E-state index in [-0.39, 0.29) is 11.5 Å². The number of hydrogen-bond acceptors (Lipinski definition) is 5. The lowest BCUT2D eigenvalue weighted by molar-refractivity contribution is -0.118. The van der Waals surface area contributed by atoms with E-state index in [4.69, 9.17) is 4.74 Å². The number of nitrogens with zero attached hydrogens (tertiary/aromatic N) is 3. The lowest BCUT2D eigenvalue weighted by atomic mass is 9.87. The minimum Gasteiger partial charge on any atom is -0.378 e. The largest absolute Gasteiger partial charge is 0.378 e. The van der Waals surface area contributed by atoms with Crippen LogP contribution in [0, 0.1) is 5.92 Å². The molecule has 2 heterocycles. The van der Waals surface area contributed by atoms with Crippen molar-refractivity contribution in [1.29, 1.82) is 0 Å². The molecule has 1 saturated heterocycles. The van der Waals surface area contributed by atoms with Crippen molar-refractivity contribution < 1.29 is 9.53 Å². The highest BCUT2D eigenvalue weighted by Gasteiger charge is 2.21. The van der Waals surface area contributed by atoms with Crippen LogP contribution >= 0.6 is 0 Å². The van der Waals surface area contributed by atoms with E-state index in [0.717, 1.165) is 23.0 Å². The maximum atomic E-state index is 12.8. The Morgan fingerprint density at radius 3 is 2.56 bits per heavy atom. The number of rotatable bonds is 4. The van der Waals surface area contributed by atoms with Crippen LogP contribution in [0.4, 0.5) is 5.82 Å². The number of benzene rings is 1. The summed E-state index contributed by atoms with van der Waals surface area (Å²) < 4.78 is 5.43. The Labute approximate surface area is 158 Å². The first-order valence-electron chi connectivity index (χ1n) is 9.87. The van der Waals surface area contributed by atoms with Crippen LogP contribution in [-0.2, 0) is 9.53 Å². The minimum atomic E-state index is -0.292. The normalized spacial score (nSPS) is 18.6. The van der Waals surface area contributed by atoms with Gasteiger partial charge in [-0.25, -0.2) is 5.43 Å². The number of morpholine rings is 1. The van der Waals surface area contributed by atoms with E-state index in [1.807, 2.05) is 18.2 Å². The molecule has 2 aromatic rings. The van der Waals surface area contributed by atoms with Crippen LogP contribution in [0.1, 0.15) is 38.5 Å². The monoisotopic (exact) mass is 370 g/mol. The molecule has 1 N–H and O–H groups in total. The molecule has 0 bridgehead atoms. The molecule has 144 valence electrons. The average molecular weight is 370 g/mol. The lowest BCUT2D eigenvalue weighted by Gasteiger charge is -2.29. The van der Waals surface area contributed by atoms with Gasteiger partial charge in [0.25, 0.3) is 5.56 Å². The Kier molecular flexibility index (Phi) is 5.38. The first-order chi connectivity index (χ1) is 13.2. The van der Waals surface area contributed by atoms with Crippen molar-refractivity contribution in [1.82, 2.24) is 9.89 Å². The van der Waals surface area contributed by atoms with E-state index in [2.05, 4.69) is 15.4 Å². The Hall–Kier alpha value is -2.41. The number of nitrogens with one attached hydrogen (secondary N) is 1. The summed E-state index contributed by atoms with van der Waals surface area (Å²) in [7, 11) is 0. The van der Waals surface area contributed by atoms with Gasteiger partial charge in [0.2, 0.25) is 5.91 Å². The standard InChI is InChI=1S/C20H26N4O3/c25-18(14-15-6-2-1-3-7-15)21-24-20(26)17-9-5-4-8-16(17)19(22-24)23-10-12-27-13-11-23/h4-5,8-9,15H,1-3,6-7,10-14H2,(H,21,25). The number of fused-ring (bicyclic) bond motifs is 1. The maximum absolute atomic E-state index is 12.8. The molecular formula is C20H26N4O3. The number of hydrogen-bond donors (Lipinski definition) is 1. The molecule has 0 unspecified atom stereocenters. The second kappa shape index (κ2) is 8.08. The van der Waals surface area contributed by atoms with Crippen molar-refractivity contribution >= 4 is 22.5 Å². The van der Waals surface area contributed by atoms with Gasteiger partial charge in [-0.15, -0.1) is 9.89 Å². The van der Waals surface area contributed by atoms with Crippen molar-refractivity contribution in [2.24, 2.45) is 5.92 Å². The fraction of sp³-hybridized carbons (Fsp3) is 0.550. The van der Waals surface area contributed by atoms with Crippen molar-refractivity contribution in [2.45, 2.75) is 38.5 Å². The second-order valence-electron chi connectivity index (χ2n) is 7.43. The van der Waals surface area contributed by atoms with E-state index in [1.165, 1.54) is 19.3 Å². The molecular weight excluding hydrogens is 344 g/mol. The van der Waals surface area contributed by atoms with Gasteiger partial charge >= 0.3 is 0 Å². The lowest BCUT2D eigenvalue weighted by Crippen LogP contribution is -2.41. The molecule has 7 nitrogen and oxygen atoms in total. The summed E-state index contributed by atoms with van der Waals surface area (Å²) >= 11 is 0. The Morgan fingerprint density at radius 2 is 1.81 bits per heavy atom. The van der Waals surface area contributed by atoms with Gasteiger partial charge < -0.3 is 9.64 Å². The van der Waals surface area contributed by atoms with Gasteiger partial charge in [-0.1, -0.05) is 37.5 Å². The van der Waals surface area contributed by atoms with E-state index >= 15 is 0 Å². The highest BCUT2D eigenvalue weighted by atomic mass is 16.5.